The Kier molecular flexibility index (Phi) is 2.88. The van der Waals surface area contributed by atoms with Gasteiger partial charge in [0, 0.05) is 0 Å². The summed E-state index contributed by atoms with van der Waals surface area (Å²) in [5, 5.41) is 2.03. The van der Waals surface area contributed by atoms with Crippen molar-refractivity contribution in [3.05, 3.63) is 22.5 Å². The number of hydrogen-bond acceptors (Lipinski definition) is 3. The maximum absolute atomic E-state index is 12.7. The van der Waals surface area contributed by atoms with Gasteiger partial charge in [0.05, 0.1) is 12.7 Å². The van der Waals surface area contributed by atoms with Crippen molar-refractivity contribution in [2.45, 2.75) is 6.43 Å². The summed E-state index contributed by atoms with van der Waals surface area (Å²) in [6.07, 6.45) is -1.96. The number of halogens is 3. The highest BCUT2D eigenvalue weighted by atomic mass is 19.3. The number of aromatic nitrogens is 2. The minimum atomic E-state index is -2.61. The highest BCUT2D eigenvalue weighted by Crippen LogP contribution is 2.05. The van der Waals surface area contributed by atoms with Gasteiger partial charge in [0.25, 0.3) is 6.43 Å². The molecule has 0 radical (unpaired) electrons. The van der Waals surface area contributed by atoms with E-state index in [0.29, 0.717) is 6.20 Å². The molecule has 0 unspecified atom stereocenters. The lowest BCUT2D eigenvalue weighted by molar-refractivity contribution is 0.163. The Labute approximate surface area is 70.8 Å². The van der Waals surface area contributed by atoms with Crippen LogP contribution in [0.25, 0.3) is 0 Å². The lowest BCUT2D eigenvalue weighted by Crippen LogP contribution is -2.18. The Balaban J connectivity index is 2.76. The van der Waals surface area contributed by atoms with Crippen molar-refractivity contribution in [3.8, 4) is 0 Å². The molecule has 7 heteroatoms. The fraction of sp³-hybridized carbons (Fsp3) is 0.333. The molecule has 2 N–H and O–H groups in total. The van der Waals surface area contributed by atoms with E-state index in [0.717, 1.165) is 0 Å². The fourth-order valence-corrected chi connectivity index (χ4v) is 0.687. The van der Waals surface area contributed by atoms with E-state index in [2.05, 4.69) is 4.98 Å². The molecule has 0 saturated carbocycles. The predicted molar refractivity (Wildman–Crippen MR) is 39.3 cm³/mol. The van der Waals surface area contributed by atoms with Gasteiger partial charge in [-0.05, 0) is 0 Å². The first-order valence-electron chi connectivity index (χ1n) is 3.36. The molecule has 0 spiro atoms. The van der Waals surface area contributed by atoms with E-state index in [-0.39, 0.29) is 5.82 Å². The average Bonchev–Trinajstić information content (AvgIpc) is 2.06. The third-order valence-electron chi connectivity index (χ3n) is 1.20. The molecule has 1 heterocycles. The van der Waals surface area contributed by atoms with Crippen molar-refractivity contribution in [1.29, 1.82) is 0 Å². The largest absolute Gasteiger partial charge is 0.363 e. The molecule has 1 aromatic heterocycles. The van der Waals surface area contributed by atoms with Crippen molar-refractivity contribution in [2.24, 2.45) is 0 Å². The fourth-order valence-electron chi connectivity index (χ4n) is 0.687. The van der Waals surface area contributed by atoms with Crippen LogP contribution in [0, 0.1) is 5.82 Å². The summed E-state index contributed by atoms with van der Waals surface area (Å²) in [5.74, 6) is -1.25. The Morgan fingerprint density at radius 2 is 2.31 bits per heavy atom. The van der Waals surface area contributed by atoms with Gasteiger partial charge in [0.2, 0.25) is 0 Å². The zero-order valence-electron chi connectivity index (χ0n) is 6.35. The molecule has 72 valence electrons. The van der Waals surface area contributed by atoms with Gasteiger partial charge in [0.1, 0.15) is 5.82 Å². The minimum absolute atomic E-state index is 0.375. The van der Waals surface area contributed by atoms with Gasteiger partial charge in [0.15, 0.2) is 5.82 Å². The molecule has 1 rings (SSSR count). The molecule has 0 saturated heterocycles. The van der Waals surface area contributed by atoms with Crippen LogP contribution in [0.15, 0.2) is 11.0 Å². The van der Waals surface area contributed by atoms with Gasteiger partial charge in [-0.1, -0.05) is 0 Å². The number of hydrogen-bond donors (Lipinski definition) is 2. The van der Waals surface area contributed by atoms with E-state index in [4.69, 9.17) is 0 Å². The monoisotopic (exact) mass is 193 g/mol. The smallest absolute Gasteiger partial charge is 0.346 e. The molecule has 0 aliphatic carbocycles. The van der Waals surface area contributed by atoms with Gasteiger partial charge < -0.3 is 5.32 Å². The average molecular weight is 193 g/mol. The van der Waals surface area contributed by atoms with Crippen LogP contribution in [0.5, 0.6) is 0 Å². The molecule has 0 aromatic carbocycles. The second-order valence-corrected chi connectivity index (χ2v) is 2.18. The topological polar surface area (TPSA) is 57.8 Å². The Morgan fingerprint density at radius 1 is 1.62 bits per heavy atom. The van der Waals surface area contributed by atoms with Crippen LogP contribution in [-0.2, 0) is 0 Å². The van der Waals surface area contributed by atoms with Gasteiger partial charge in [-0.2, -0.15) is 4.98 Å². The second-order valence-electron chi connectivity index (χ2n) is 2.18. The number of nitrogens with zero attached hydrogens (tertiary/aromatic N) is 1. The second kappa shape index (κ2) is 3.92. The zero-order valence-corrected chi connectivity index (χ0v) is 6.35. The first-order chi connectivity index (χ1) is 6.09. The number of anilines is 1. The highest BCUT2D eigenvalue weighted by molar-refractivity contribution is 5.33. The minimum Gasteiger partial charge on any atom is -0.363 e. The molecule has 0 atom stereocenters. The standard InChI is InChI=1S/C6H6F3N3O/c7-3-1-11-6(13)12-5(3)10-2-4(8)9/h1,4H,2H2,(H2,10,11,12,13). The van der Waals surface area contributed by atoms with Crippen LogP contribution in [-0.4, -0.2) is 22.9 Å². The van der Waals surface area contributed by atoms with Gasteiger partial charge in [-0.25, -0.2) is 18.0 Å². The summed E-state index contributed by atoms with van der Waals surface area (Å²) < 4.78 is 36.0. The van der Waals surface area contributed by atoms with E-state index in [1.54, 1.807) is 0 Å². The highest BCUT2D eigenvalue weighted by Gasteiger charge is 2.06. The van der Waals surface area contributed by atoms with Gasteiger partial charge in [-0.3, -0.25) is 4.98 Å². The quantitative estimate of drug-likeness (QED) is 0.738. The van der Waals surface area contributed by atoms with Crippen LogP contribution in [0.2, 0.25) is 0 Å². The summed E-state index contributed by atoms with van der Waals surface area (Å²) in [6.45, 7) is -0.725. The maximum Gasteiger partial charge on any atom is 0.346 e. The van der Waals surface area contributed by atoms with Gasteiger partial charge >= 0.3 is 5.69 Å². The van der Waals surface area contributed by atoms with Crippen molar-refractivity contribution >= 4 is 5.82 Å². The van der Waals surface area contributed by atoms with Crippen LogP contribution < -0.4 is 11.0 Å². The van der Waals surface area contributed by atoms with E-state index in [1.165, 1.54) is 0 Å². The summed E-state index contributed by atoms with van der Waals surface area (Å²) in [5.41, 5.74) is -0.793. The normalized spacial score (nSPS) is 10.5. The molecule has 0 amide bonds. The van der Waals surface area contributed by atoms with Crippen LogP contribution in [0.3, 0.4) is 0 Å². The Morgan fingerprint density at radius 3 is 2.92 bits per heavy atom. The van der Waals surface area contributed by atoms with E-state index in [1.807, 2.05) is 10.3 Å². The van der Waals surface area contributed by atoms with Crippen LogP contribution in [0.4, 0.5) is 19.0 Å². The van der Waals surface area contributed by atoms with E-state index in [9.17, 15) is 18.0 Å². The predicted octanol–water partition coefficient (Wildman–Crippen LogP) is 0.586. The molecule has 4 nitrogen and oxygen atoms in total. The number of alkyl halides is 2. The van der Waals surface area contributed by atoms with Crippen molar-refractivity contribution in [1.82, 2.24) is 9.97 Å². The molecule has 0 aliphatic rings. The van der Waals surface area contributed by atoms with E-state index >= 15 is 0 Å². The lowest BCUT2D eigenvalue weighted by Gasteiger charge is -2.04. The summed E-state index contributed by atoms with van der Waals surface area (Å²) >= 11 is 0. The molecule has 1 aromatic rings. The molecule has 0 fully saturated rings. The SMILES string of the molecule is O=c1ncc(F)c(NCC(F)F)[nH]1. The first-order valence-corrected chi connectivity index (χ1v) is 3.36. The third kappa shape index (κ3) is 2.77. The lowest BCUT2D eigenvalue weighted by atomic mass is 10.5. The molecular formula is C6H6F3N3O. The van der Waals surface area contributed by atoms with E-state index < -0.39 is 24.5 Å². The van der Waals surface area contributed by atoms with Crippen molar-refractivity contribution < 1.29 is 13.2 Å². The third-order valence-corrected chi connectivity index (χ3v) is 1.20. The zero-order chi connectivity index (χ0) is 9.84. The Hall–Kier alpha value is -1.53. The molecule has 0 aliphatic heterocycles. The number of nitrogens with one attached hydrogen (secondary N) is 2. The summed E-state index contributed by atoms with van der Waals surface area (Å²) in [7, 11) is 0. The number of aromatic amines is 1. The number of rotatable bonds is 3. The Bertz CT molecular complexity index is 338. The molecule has 13 heavy (non-hydrogen) atoms. The first kappa shape index (κ1) is 9.56. The van der Waals surface area contributed by atoms with Crippen molar-refractivity contribution in [3.63, 3.8) is 0 Å². The van der Waals surface area contributed by atoms with Crippen LogP contribution in [0.1, 0.15) is 0 Å². The molecular weight excluding hydrogens is 187 g/mol. The summed E-state index contributed by atoms with van der Waals surface area (Å²) in [6, 6.07) is 0. The maximum atomic E-state index is 12.7. The number of H-pyrrole nitrogens is 1. The van der Waals surface area contributed by atoms with Gasteiger partial charge in [-0.15, -0.1) is 0 Å². The molecule has 0 bridgehead atoms. The summed E-state index contributed by atoms with van der Waals surface area (Å²) in [4.78, 5) is 15.5. The van der Waals surface area contributed by atoms with Crippen molar-refractivity contribution in [2.75, 3.05) is 11.9 Å². The van der Waals surface area contributed by atoms with Crippen LogP contribution >= 0.6 is 0 Å².